The van der Waals surface area contributed by atoms with Crippen LogP contribution in [-0.4, -0.2) is 36.6 Å². The highest BCUT2D eigenvalue weighted by molar-refractivity contribution is 5.92. The standard InChI is InChI=1S/C10H17NO2/c1-4-9-7-11(5-6-13-9)10(12)8(2)3/h9H,2,4-7H2,1,3H3. The molecule has 0 aromatic heterocycles. The molecule has 1 aliphatic rings. The third-order valence-electron chi connectivity index (χ3n) is 2.25. The molecule has 0 N–H and O–H groups in total. The van der Waals surface area contributed by atoms with Crippen LogP contribution in [0.25, 0.3) is 0 Å². The largest absolute Gasteiger partial charge is 0.375 e. The average Bonchev–Trinajstić information content (AvgIpc) is 2.16. The van der Waals surface area contributed by atoms with Crippen LogP contribution in [0.5, 0.6) is 0 Å². The van der Waals surface area contributed by atoms with E-state index < -0.39 is 0 Å². The maximum atomic E-state index is 11.5. The van der Waals surface area contributed by atoms with Crippen molar-refractivity contribution in [2.24, 2.45) is 0 Å². The number of hydrogen-bond donors (Lipinski definition) is 0. The van der Waals surface area contributed by atoms with Crippen molar-refractivity contribution in [1.82, 2.24) is 4.90 Å². The molecule has 0 radical (unpaired) electrons. The summed E-state index contributed by atoms with van der Waals surface area (Å²) in [5.41, 5.74) is 0.608. The van der Waals surface area contributed by atoms with Crippen LogP contribution in [0.3, 0.4) is 0 Å². The van der Waals surface area contributed by atoms with E-state index in [1.165, 1.54) is 0 Å². The number of rotatable bonds is 2. The minimum absolute atomic E-state index is 0.0572. The van der Waals surface area contributed by atoms with Crippen LogP contribution in [0.2, 0.25) is 0 Å². The van der Waals surface area contributed by atoms with Crippen LogP contribution < -0.4 is 0 Å². The second kappa shape index (κ2) is 4.42. The summed E-state index contributed by atoms with van der Waals surface area (Å²) in [4.78, 5) is 13.3. The van der Waals surface area contributed by atoms with E-state index in [2.05, 4.69) is 13.5 Å². The highest BCUT2D eigenvalue weighted by Crippen LogP contribution is 2.10. The van der Waals surface area contributed by atoms with E-state index in [0.29, 0.717) is 25.3 Å². The molecule has 1 atom stereocenters. The molecule has 3 nitrogen and oxygen atoms in total. The summed E-state index contributed by atoms with van der Waals surface area (Å²) in [5.74, 6) is 0.0572. The molecule has 0 aliphatic carbocycles. The Morgan fingerprint density at radius 2 is 2.38 bits per heavy atom. The normalized spacial score (nSPS) is 22.9. The predicted octanol–water partition coefficient (Wildman–Crippen LogP) is 1.20. The predicted molar refractivity (Wildman–Crippen MR) is 51.4 cm³/mol. The fraction of sp³-hybridized carbons (Fsp3) is 0.700. The van der Waals surface area contributed by atoms with Crippen molar-refractivity contribution in [1.29, 1.82) is 0 Å². The van der Waals surface area contributed by atoms with Gasteiger partial charge in [-0.3, -0.25) is 4.79 Å². The molecule has 0 aromatic carbocycles. The Morgan fingerprint density at radius 3 is 2.92 bits per heavy atom. The molecule has 1 aliphatic heterocycles. The number of amides is 1. The number of carbonyl (C=O) groups excluding carboxylic acids is 1. The summed E-state index contributed by atoms with van der Waals surface area (Å²) >= 11 is 0. The third-order valence-corrected chi connectivity index (χ3v) is 2.25. The van der Waals surface area contributed by atoms with E-state index in [-0.39, 0.29) is 12.0 Å². The minimum Gasteiger partial charge on any atom is -0.375 e. The highest BCUT2D eigenvalue weighted by atomic mass is 16.5. The fourth-order valence-corrected chi connectivity index (χ4v) is 1.42. The molecular weight excluding hydrogens is 166 g/mol. The Balaban J connectivity index is 2.51. The Morgan fingerprint density at radius 1 is 1.69 bits per heavy atom. The van der Waals surface area contributed by atoms with Crippen molar-refractivity contribution < 1.29 is 9.53 Å². The summed E-state index contributed by atoms with van der Waals surface area (Å²) < 4.78 is 5.46. The molecule has 1 unspecified atom stereocenters. The summed E-state index contributed by atoms with van der Waals surface area (Å²) in [6.07, 6.45) is 1.16. The Bertz CT molecular complexity index is 213. The quantitative estimate of drug-likeness (QED) is 0.602. The molecule has 74 valence electrons. The van der Waals surface area contributed by atoms with Crippen molar-refractivity contribution in [2.75, 3.05) is 19.7 Å². The van der Waals surface area contributed by atoms with E-state index >= 15 is 0 Å². The molecule has 1 amide bonds. The van der Waals surface area contributed by atoms with Crippen molar-refractivity contribution >= 4 is 5.91 Å². The number of nitrogens with zero attached hydrogens (tertiary/aromatic N) is 1. The van der Waals surface area contributed by atoms with E-state index in [0.717, 1.165) is 6.42 Å². The number of carbonyl (C=O) groups is 1. The van der Waals surface area contributed by atoms with E-state index in [9.17, 15) is 4.79 Å². The zero-order valence-corrected chi connectivity index (χ0v) is 8.38. The first-order chi connectivity index (χ1) is 6.15. The van der Waals surface area contributed by atoms with Gasteiger partial charge in [0, 0.05) is 18.7 Å². The maximum Gasteiger partial charge on any atom is 0.249 e. The minimum atomic E-state index is 0.0572. The van der Waals surface area contributed by atoms with Gasteiger partial charge in [0.1, 0.15) is 0 Å². The van der Waals surface area contributed by atoms with E-state index in [1.54, 1.807) is 6.92 Å². The number of ether oxygens (including phenoxy) is 1. The zero-order chi connectivity index (χ0) is 9.84. The Hall–Kier alpha value is -0.830. The molecule has 0 spiro atoms. The lowest BCUT2D eigenvalue weighted by molar-refractivity contribution is -0.134. The lowest BCUT2D eigenvalue weighted by Gasteiger charge is -2.32. The molecular formula is C10H17NO2. The first-order valence-electron chi connectivity index (χ1n) is 4.71. The maximum absolute atomic E-state index is 11.5. The first kappa shape index (κ1) is 10.3. The second-order valence-electron chi connectivity index (χ2n) is 3.43. The summed E-state index contributed by atoms with van der Waals surface area (Å²) in [6.45, 7) is 9.52. The number of hydrogen-bond acceptors (Lipinski definition) is 2. The van der Waals surface area contributed by atoms with Gasteiger partial charge in [0.25, 0.3) is 0 Å². The van der Waals surface area contributed by atoms with Gasteiger partial charge < -0.3 is 9.64 Å². The Labute approximate surface area is 79.4 Å². The molecule has 13 heavy (non-hydrogen) atoms. The molecule has 0 aromatic rings. The monoisotopic (exact) mass is 183 g/mol. The molecule has 0 saturated carbocycles. The van der Waals surface area contributed by atoms with Crippen LogP contribution in [0.15, 0.2) is 12.2 Å². The first-order valence-corrected chi connectivity index (χ1v) is 4.71. The van der Waals surface area contributed by atoms with Gasteiger partial charge in [0.2, 0.25) is 5.91 Å². The van der Waals surface area contributed by atoms with E-state index in [4.69, 9.17) is 4.74 Å². The van der Waals surface area contributed by atoms with Gasteiger partial charge >= 0.3 is 0 Å². The summed E-state index contributed by atoms with van der Waals surface area (Å²) in [5, 5.41) is 0. The van der Waals surface area contributed by atoms with Gasteiger partial charge in [-0.05, 0) is 13.3 Å². The van der Waals surface area contributed by atoms with Gasteiger partial charge in [-0.15, -0.1) is 0 Å². The van der Waals surface area contributed by atoms with Gasteiger partial charge in [-0.1, -0.05) is 13.5 Å². The second-order valence-corrected chi connectivity index (χ2v) is 3.43. The highest BCUT2D eigenvalue weighted by Gasteiger charge is 2.22. The van der Waals surface area contributed by atoms with Crippen LogP contribution >= 0.6 is 0 Å². The van der Waals surface area contributed by atoms with E-state index in [1.807, 2.05) is 4.90 Å². The van der Waals surface area contributed by atoms with Crippen molar-refractivity contribution in [3.05, 3.63) is 12.2 Å². The average molecular weight is 183 g/mol. The molecule has 1 fully saturated rings. The van der Waals surface area contributed by atoms with Crippen LogP contribution in [0.1, 0.15) is 20.3 Å². The SMILES string of the molecule is C=C(C)C(=O)N1CCOC(CC)C1. The molecule has 1 saturated heterocycles. The molecule has 1 heterocycles. The van der Waals surface area contributed by atoms with Gasteiger partial charge in [-0.25, -0.2) is 0 Å². The Kier molecular flexibility index (Phi) is 3.48. The number of morpholine rings is 1. The smallest absolute Gasteiger partial charge is 0.249 e. The van der Waals surface area contributed by atoms with Crippen molar-refractivity contribution in [3.8, 4) is 0 Å². The fourth-order valence-electron chi connectivity index (χ4n) is 1.42. The van der Waals surface area contributed by atoms with Crippen LogP contribution in [-0.2, 0) is 9.53 Å². The van der Waals surface area contributed by atoms with Crippen molar-refractivity contribution in [3.63, 3.8) is 0 Å². The zero-order valence-electron chi connectivity index (χ0n) is 8.38. The lowest BCUT2D eigenvalue weighted by atomic mass is 10.2. The van der Waals surface area contributed by atoms with Crippen LogP contribution in [0, 0.1) is 0 Å². The molecule has 3 heteroatoms. The summed E-state index contributed by atoms with van der Waals surface area (Å²) in [6, 6.07) is 0. The summed E-state index contributed by atoms with van der Waals surface area (Å²) in [7, 11) is 0. The topological polar surface area (TPSA) is 29.5 Å². The van der Waals surface area contributed by atoms with Gasteiger partial charge in [0.05, 0.1) is 12.7 Å². The van der Waals surface area contributed by atoms with Gasteiger partial charge in [-0.2, -0.15) is 0 Å². The lowest BCUT2D eigenvalue weighted by Crippen LogP contribution is -2.45. The van der Waals surface area contributed by atoms with Crippen molar-refractivity contribution in [2.45, 2.75) is 26.4 Å². The molecule has 1 rings (SSSR count). The van der Waals surface area contributed by atoms with Gasteiger partial charge in [0.15, 0.2) is 0 Å². The molecule has 0 bridgehead atoms. The van der Waals surface area contributed by atoms with Crippen LogP contribution in [0.4, 0.5) is 0 Å². The third kappa shape index (κ3) is 2.56.